The van der Waals surface area contributed by atoms with Crippen LogP contribution in [0, 0.1) is 0 Å². The largest absolute Gasteiger partial charge is 0.492 e. The van der Waals surface area contributed by atoms with E-state index in [1.165, 1.54) is 11.3 Å². The minimum atomic E-state index is -0.102. The Hall–Kier alpha value is -3.07. The highest BCUT2D eigenvalue weighted by atomic mass is 35.5. The molecule has 1 saturated heterocycles. The lowest BCUT2D eigenvalue weighted by molar-refractivity contribution is 0.0615. The molecule has 0 atom stereocenters. The van der Waals surface area contributed by atoms with Crippen LogP contribution in [0.5, 0.6) is 5.75 Å². The molecule has 1 aliphatic rings. The topological polar surface area (TPSA) is 71.5 Å². The lowest BCUT2D eigenvalue weighted by Gasteiger charge is -2.34. The van der Waals surface area contributed by atoms with E-state index in [-0.39, 0.29) is 5.91 Å². The maximum absolute atomic E-state index is 13.3. The van der Waals surface area contributed by atoms with Crippen molar-refractivity contribution in [3.8, 4) is 16.5 Å². The van der Waals surface area contributed by atoms with Crippen molar-refractivity contribution in [3.63, 3.8) is 0 Å². The summed E-state index contributed by atoms with van der Waals surface area (Å²) in [5, 5.41) is 1.41. The summed E-state index contributed by atoms with van der Waals surface area (Å²) in [5.41, 5.74) is 1.80. The van der Waals surface area contributed by atoms with Crippen molar-refractivity contribution in [3.05, 3.63) is 71.6 Å². The number of para-hydroxylation sites is 1. The summed E-state index contributed by atoms with van der Waals surface area (Å²) in [7, 11) is 0. The third-order valence-electron chi connectivity index (χ3n) is 5.55. The predicted octanol–water partition coefficient (Wildman–Crippen LogP) is 4.24. The van der Waals surface area contributed by atoms with Gasteiger partial charge in [0.05, 0.1) is 10.2 Å². The van der Waals surface area contributed by atoms with Crippen molar-refractivity contribution >= 4 is 39.1 Å². The van der Waals surface area contributed by atoms with Gasteiger partial charge in [0, 0.05) is 50.1 Å². The predicted molar refractivity (Wildman–Crippen MR) is 130 cm³/mol. The minimum absolute atomic E-state index is 0.102. The second kappa shape index (κ2) is 9.82. The van der Waals surface area contributed by atoms with E-state index in [0.29, 0.717) is 41.1 Å². The molecule has 2 aromatic carbocycles. The summed E-state index contributed by atoms with van der Waals surface area (Å²) in [5.74, 6) is 0.702. The summed E-state index contributed by atoms with van der Waals surface area (Å²) in [6.45, 7) is 4.22. The maximum atomic E-state index is 13.3. The molecule has 0 spiro atoms. The van der Waals surface area contributed by atoms with Crippen molar-refractivity contribution in [2.45, 2.75) is 0 Å². The van der Waals surface area contributed by atoms with Crippen LogP contribution in [-0.2, 0) is 0 Å². The number of hydrogen-bond donors (Lipinski definition) is 0. The van der Waals surface area contributed by atoms with Crippen LogP contribution >= 0.6 is 22.9 Å². The molecule has 0 radical (unpaired) electrons. The zero-order valence-corrected chi connectivity index (χ0v) is 19.4. The number of ether oxygens (including phenoxy) is 1. The van der Waals surface area contributed by atoms with Gasteiger partial charge in [-0.2, -0.15) is 0 Å². The molecule has 1 fully saturated rings. The molecule has 7 nitrogen and oxygen atoms in total. The molecule has 1 amide bonds. The van der Waals surface area contributed by atoms with Gasteiger partial charge in [-0.25, -0.2) is 15.0 Å². The van der Waals surface area contributed by atoms with Crippen molar-refractivity contribution in [1.82, 2.24) is 24.8 Å². The van der Waals surface area contributed by atoms with E-state index in [9.17, 15) is 4.79 Å². The number of nitrogens with zero attached hydrogens (tertiary/aromatic N) is 5. The number of piperazine rings is 1. The van der Waals surface area contributed by atoms with Crippen LogP contribution in [0.25, 0.3) is 20.9 Å². The van der Waals surface area contributed by atoms with Gasteiger partial charge in [0.15, 0.2) is 5.69 Å². The van der Waals surface area contributed by atoms with Gasteiger partial charge in [0.2, 0.25) is 0 Å². The molecule has 0 saturated carbocycles. The second-order valence-corrected chi connectivity index (χ2v) is 9.14. The molecule has 3 heterocycles. The highest BCUT2D eigenvalue weighted by Gasteiger charge is 2.26. The number of rotatable bonds is 6. The minimum Gasteiger partial charge on any atom is -0.492 e. The smallest absolute Gasteiger partial charge is 0.274 e. The zero-order valence-electron chi connectivity index (χ0n) is 17.9. The van der Waals surface area contributed by atoms with Gasteiger partial charge >= 0.3 is 0 Å². The van der Waals surface area contributed by atoms with E-state index in [1.54, 1.807) is 12.4 Å². The fourth-order valence-electron chi connectivity index (χ4n) is 3.77. The highest BCUT2D eigenvalue weighted by Crippen LogP contribution is 2.30. The summed E-state index contributed by atoms with van der Waals surface area (Å²) in [6.07, 6.45) is 3.17. The number of thiazole rings is 1. The number of halogens is 1. The molecule has 5 rings (SSSR count). The van der Waals surface area contributed by atoms with E-state index in [4.69, 9.17) is 16.3 Å². The molecule has 0 aliphatic carbocycles. The lowest BCUT2D eigenvalue weighted by Crippen LogP contribution is -2.49. The number of carbonyl (C=O) groups excluding carboxylic acids is 1. The van der Waals surface area contributed by atoms with Crippen LogP contribution in [0.3, 0.4) is 0 Å². The van der Waals surface area contributed by atoms with Gasteiger partial charge in [-0.15, -0.1) is 11.3 Å². The molecule has 9 heteroatoms. The summed E-state index contributed by atoms with van der Waals surface area (Å²) in [4.78, 5) is 30.9. The van der Waals surface area contributed by atoms with Gasteiger partial charge in [-0.1, -0.05) is 23.7 Å². The molecule has 0 N–H and O–H groups in total. The first-order valence-corrected chi connectivity index (χ1v) is 11.9. The molecule has 4 aromatic rings. The highest BCUT2D eigenvalue weighted by molar-refractivity contribution is 7.21. The van der Waals surface area contributed by atoms with Crippen LogP contribution in [0.2, 0.25) is 5.02 Å². The Balaban J connectivity index is 1.20. The Morgan fingerprint density at radius 2 is 1.76 bits per heavy atom. The first kappa shape index (κ1) is 21.8. The molecule has 0 bridgehead atoms. The SMILES string of the molecule is O=C(c1nccnc1-c1nc2ccccc2s1)N1CCN(CCOc2ccc(Cl)cc2)CC1. The van der Waals surface area contributed by atoms with Crippen molar-refractivity contribution < 1.29 is 9.53 Å². The summed E-state index contributed by atoms with van der Waals surface area (Å²) in [6, 6.07) is 15.3. The summed E-state index contributed by atoms with van der Waals surface area (Å²) < 4.78 is 6.85. The Morgan fingerprint density at radius 1 is 1.00 bits per heavy atom. The molecule has 168 valence electrons. The number of fused-ring (bicyclic) bond motifs is 1. The fraction of sp³-hybridized carbons (Fsp3) is 0.250. The number of aromatic nitrogens is 3. The Kier molecular flexibility index (Phi) is 6.48. The summed E-state index contributed by atoms with van der Waals surface area (Å²) >= 11 is 7.43. The van der Waals surface area contributed by atoms with E-state index in [1.807, 2.05) is 53.4 Å². The van der Waals surface area contributed by atoms with E-state index in [2.05, 4.69) is 19.9 Å². The van der Waals surface area contributed by atoms with E-state index >= 15 is 0 Å². The monoisotopic (exact) mass is 479 g/mol. The first-order valence-electron chi connectivity index (χ1n) is 10.7. The average Bonchev–Trinajstić information content (AvgIpc) is 3.30. The van der Waals surface area contributed by atoms with Crippen LogP contribution in [0.4, 0.5) is 0 Å². The van der Waals surface area contributed by atoms with Gasteiger partial charge in [-0.3, -0.25) is 9.69 Å². The Bertz CT molecular complexity index is 1220. The molecular weight excluding hydrogens is 458 g/mol. The maximum Gasteiger partial charge on any atom is 0.274 e. The normalized spacial score (nSPS) is 14.5. The third kappa shape index (κ3) is 4.98. The van der Waals surface area contributed by atoms with Gasteiger partial charge in [-0.05, 0) is 36.4 Å². The van der Waals surface area contributed by atoms with Crippen LogP contribution < -0.4 is 4.74 Å². The Labute approximate surface area is 200 Å². The van der Waals surface area contributed by atoms with Crippen molar-refractivity contribution in [2.75, 3.05) is 39.3 Å². The standard InChI is InChI=1S/C24H22ClN5O2S/c25-17-5-7-18(8-6-17)32-16-15-29-11-13-30(14-12-29)24(31)22-21(26-9-10-27-22)23-28-19-3-1-2-4-20(19)33-23/h1-10H,11-16H2. The third-order valence-corrected chi connectivity index (χ3v) is 6.84. The fourth-order valence-corrected chi connectivity index (χ4v) is 4.86. The number of carbonyl (C=O) groups is 1. The quantitative estimate of drug-likeness (QED) is 0.412. The molecule has 2 aromatic heterocycles. The first-order chi connectivity index (χ1) is 16.2. The molecule has 33 heavy (non-hydrogen) atoms. The number of benzene rings is 2. The lowest BCUT2D eigenvalue weighted by atomic mass is 10.2. The van der Waals surface area contributed by atoms with Crippen molar-refractivity contribution in [1.29, 1.82) is 0 Å². The molecule has 1 aliphatic heterocycles. The van der Waals surface area contributed by atoms with Gasteiger partial charge in [0.25, 0.3) is 5.91 Å². The number of amides is 1. The number of hydrogen-bond acceptors (Lipinski definition) is 7. The van der Waals surface area contributed by atoms with Crippen molar-refractivity contribution in [2.24, 2.45) is 0 Å². The average molecular weight is 480 g/mol. The second-order valence-electron chi connectivity index (χ2n) is 7.68. The van der Waals surface area contributed by atoms with E-state index in [0.717, 1.165) is 35.6 Å². The molecular formula is C24H22ClN5O2S. The zero-order chi connectivity index (χ0) is 22.6. The Morgan fingerprint density at radius 3 is 2.55 bits per heavy atom. The molecule has 0 unspecified atom stereocenters. The van der Waals surface area contributed by atoms with Crippen LogP contribution in [0.1, 0.15) is 10.5 Å². The van der Waals surface area contributed by atoms with Gasteiger partial charge in [0.1, 0.15) is 23.1 Å². The van der Waals surface area contributed by atoms with Gasteiger partial charge < -0.3 is 9.64 Å². The van der Waals surface area contributed by atoms with Crippen LogP contribution in [-0.4, -0.2) is 70.0 Å². The van der Waals surface area contributed by atoms with Crippen LogP contribution in [0.15, 0.2) is 60.9 Å². The van der Waals surface area contributed by atoms with E-state index < -0.39 is 0 Å².